The predicted molar refractivity (Wildman–Crippen MR) is 77.7 cm³/mol. The third kappa shape index (κ3) is 3.35. The van der Waals surface area contributed by atoms with Crippen LogP contribution in [0, 0.1) is 0 Å². The van der Waals surface area contributed by atoms with Crippen LogP contribution >= 0.6 is 22.9 Å². The van der Waals surface area contributed by atoms with E-state index in [1.807, 2.05) is 17.5 Å². The van der Waals surface area contributed by atoms with E-state index in [0.717, 1.165) is 4.88 Å². The smallest absolute Gasteiger partial charge is 0.252 e. The van der Waals surface area contributed by atoms with Crippen molar-refractivity contribution in [3.05, 3.63) is 57.2 Å². The van der Waals surface area contributed by atoms with E-state index in [1.165, 1.54) is 11.3 Å². The van der Waals surface area contributed by atoms with Crippen molar-refractivity contribution >= 4 is 28.8 Å². The third-order valence-electron chi connectivity index (χ3n) is 2.76. The summed E-state index contributed by atoms with van der Waals surface area (Å²) in [5.74, 6) is -0.289. The molecule has 1 amide bonds. The van der Waals surface area contributed by atoms with Crippen LogP contribution in [0.25, 0.3) is 0 Å². The molecule has 2 aromatic rings. The quantitative estimate of drug-likeness (QED) is 0.911. The van der Waals surface area contributed by atoms with E-state index in [4.69, 9.17) is 11.6 Å². The molecule has 0 bridgehead atoms. The molecule has 1 aromatic heterocycles. The molecule has 1 aromatic carbocycles. The summed E-state index contributed by atoms with van der Waals surface area (Å²) in [6, 6.07) is 10.5. The number of hydrogen-bond acceptors (Lipinski definition) is 3. The minimum Gasteiger partial charge on any atom is -0.383 e. The number of amides is 1. The van der Waals surface area contributed by atoms with Crippen LogP contribution in [0.1, 0.15) is 22.2 Å². The summed E-state index contributed by atoms with van der Waals surface area (Å²) in [5, 5.41) is 15.3. The van der Waals surface area contributed by atoms with Crippen molar-refractivity contribution in [2.75, 3.05) is 6.54 Å². The van der Waals surface area contributed by atoms with Gasteiger partial charge in [-0.3, -0.25) is 4.79 Å². The molecule has 1 heterocycles. The van der Waals surface area contributed by atoms with E-state index in [9.17, 15) is 9.90 Å². The number of benzene rings is 1. The maximum atomic E-state index is 12.0. The Hall–Kier alpha value is -1.36. The van der Waals surface area contributed by atoms with Gasteiger partial charge in [0, 0.05) is 4.88 Å². The van der Waals surface area contributed by atoms with Crippen molar-refractivity contribution in [3.63, 3.8) is 0 Å². The predicted octanol–water partition coefficient (Wildman–Crippen LogP) is 3.04. The Labute approximate surface area is 120 Å². The molecule has 0 fully saturated rings. The number of carbonyl (C=O) groups excluding carboxylic acids is 1. The lowest BCUT2D eigenvalue weighted by Crippen LogP contribution is -2.38. The Morgan fingerprint density at radius 3 is 2.74 bits per heavy atom. The minimum absolute atomic E-state index is 0.136. The van der Waals surface area contributed by atoms with Gasteiger partial charge in [-0.05, 0) is 30.5 Å². The van der Waals surface area contributed by atoms with Crippen molar-refractivity contribution < 1.29 is 9.90 Å². The number of carbonyl (C=O) groups is 1. The molecule has 2 N–H and O–H groups in total. The lowest BCUT2D eigenvalue weighted by atomic mass is 10.1. The van der Waals surface area contributed by atoms with E-state index in [-0.39, 0.29) is 12.5 Å². The lowest BCUT2D eigenvalue weighted by Gasteiger charge is -2.22. The fourth-order valence-electron chi connectivity index (χ4n) is 1.67. The Bertz CT molecular complexity index is 567. The molecule has 100 valence electrons. The number of hydrogen-bond donors (Lipinski definition) is 2. The topological polar surface area (TPSA) is 49.3 Å². The molecular weight excluding hydrogens is 282 g/mol. The van der Waals surface area contributed by atoms with Crippen LogP contribution in [-0.4, -0.2) is 17.6 Å². The van der Waals surface area contributed by atoms with E-state index in [0.29, 0.717) is 10.6 Å². The standard InChI is InChI=1S/C14H14ClNO2S/c1-14(18,12-7-4-8-19-12)9-16-13(17)10-5-2-3-6-11(10)15/h2-8,18H,9H2,1H3,(H,16,17)/t14-/m0/s1. The Balaban J connectivity index is 2.03. The van der Waals surface area contributed by atoms with Gasteiger partial charge >= 0.3 is 0 Å². The molecule has 3 nitrogen and oxygen atoms in total. The van der Waals surface area contributed by atoms with Crippen molar-refractivity contribution in [1.82, 2.24) is 5.32 Å². The second-order valence-electron chi connectivity index (χ2n) is 4.41. The summed E-state index contributed by atoms with van der Waals surface area (Å²) in [4.78, 5) is 12.8. The average Bonchev–Trinajstić information content (AvgIpc) is 2.91. The van der Waals surface area contributed by atoms with E-state index in [2.05, 4.69) is 5.32 Å². The Morgan fingerprint density at radius 1 is 1.37 bits per heavy atom. The maximum absolute atomic E-state index is 12.0. The highest BCUT2D eigenvalue weighted by molar-refractivity contribution is 7.10. The van der Waals surface area contributed by atoms with E-state index in [1.54, 1.807) is 31.2 Å². The van der Waals surface area contributed by atoms with E-state index < -0.39 is 5.60 Å². The highest BCUT2D eigenvalue weighted by Crippen LogP contribution is 2.24. The summed E-state index contributed by atoms with van der Waals surface area (Å²) >= 11 is 7.40. The van der Waals surface area contributed by atoms with Crippen molar-refractivity contribution in [2.45, 2.75) is 12.5 Å². The summed E-state index contributed by atoms with van der Waals surface area (Å²) in [5.41, 5.74) is -0.670. The first-order chi connectivity index (χ1) is 9.00. The minimum atomic E-state index is -1.08. The largest absolute Gasteiger partial charge is 0.383 e. The second kappa shape index (κ2) is 5.74. The first-order valence-electron chi connectivity index (χ1n) is 5.80. The van der Waals surface area contributed by atoms with Crippen LogP contribution in [-0.2, 0) is 5.60 Å². The molecule has 0 unspecified atom stereocenters. The first kappa shape index (κ1) is 14.1. The third-order valence-corrected chi connectivity index (χ3v) is 4.22. The monoisotopic (exact) mass is 295 g/mol. The molecule has 0 aliphatic carbocycles. The highest BCUT2D eigenvalue weighted by Gasteiger charge is 2.25. The normalized spacial score (nSPS) is 13.8. The summed E-state index contributed by atoms with van der Waals surface area (Å²) in [7, 11) is 0. The van der Waals surface area contributed by atoms with Crippen molar-refractivity contribution in [2.24, 2.45) is 0 Å². The molecular formula is C14H14ClNO2S. The molecule has 5 heteroatoms. The van der Waals surface area contributed by atoms with Crippen LogP contribution in [0.15, 0.2) is 41.8 Å². The first-order valence-corrected chi connectivity index (χ1v) is 7.05. The van der Waals surface area contributed by atoms with Crippen LogP contribution in [0.5, 0.6) is 0 Å². The number of aliphatic hydroxyl groups is 1. The molecule has 0 radical (unpaired) electrons. The Morgan fingerprint density at radius 2 is 2.11 bits per heavy atom. The summed E-state index contributed by atoms with van der Waals surface area (Å²) < 4.78 is 0. The van der Waals surface area contributed by atoms with Gasteiger partial charge < -0.3 is 10.4 Å². The molecule has 0 saturated heterocycles. The SMILES string of the molecule is C[C@](O)(CNC(=O)c1ccccc1Cl)c1cccs1. The van der Waals surface area contributed by atoms with Crippen molar-refractivity contribution in [1.29, 1.82) is 0 Å². The van der Waals surface area contributed by atoms with Gasteiger partial charge in [0.15, 0.2) is 0 Å². The summed E-state index contributed by atoms with van der Waals surface area (Å²) in [6.07, 6.45) is 0. The van der Waals surface area contributed by atoms with Crippen LogP contribution in [0.4, 0.5) is 0 Å². The van der Waals surface area contributed by atoms with Gasteiger partial charge in [-0.1, -0.05) is 29.8 Å². The molecule has 0 aliphatic heterocycles. The Kier molecular flexibility index (Phi) is 4.24. The second-order valence-corrected chi connectivity index (χ2v) is 5.77. The fourth-order valence-corrected chi connectivity index (χ4v) is 2.67. The fraction of sp³-hybridized carbons (Fsp3) is 0.214. The molecule has 1 atom stereocenters. The molecule has 0 saturated carbocycles. The van der Waals surface area contributed by atoms with Crippen LogP contribution in [0.2, 0.25) is 5.02 Å². The lowest BCUT2D eigenvalue weighted by molar-refractivity contribution is 0.0557. The van der Waals surface area contributed by atoms with Gasteiger partial charge in [0.1, 0.15) is 5.60 Å². The van der Waals surface area contributed by atoms with Gasteiger partial charge in [-0.2, -0.15) is 0 Å². The maximum Gasteiger partial charge on any atom is 0.252 e. The zero-order valence-electron chi connectivity index (χ0n) is 10.4. The van der Waals surface area contributed by atoms with Crippen molar-refractivity contribution in [3.8, 4) is 0 Å². The van der Waals surface area contributed by atoms with Gasteiger partial charge in [0.25, 0.3) is 5.91 Å². The number of halogens is 1. The van der Waals surface area contributed by atoms with Gasteiger partial charge in [0.2, 0.25) is 0 Å². The average molecular weight is 296 g/mol. The molecule has 19 heavy (non-hydrogen) atoms. The van der Waals surface area contributed by atoms with Crippen LogP contribution in [0.3, 0.4) is 0 Å². The molecule has 0 aliphatic rings. The molecule has 2 rings (SSSR count). The molecule has 0 spiro atoms. The van der Waals surface area contributed by atoms with Gasteiger partial charge in [-0.25, -0.2) is 0 Å². The zero-order chi connectivity index (χ0) is 13.9. The number of rotatable bonds is 4. The van der Waals surface area contributed by atoms with Crippen LogP contribution < -0.4 is 5.32 Å². The summed E-state index contributed by atoms with van der Waals surface area (Å²) in [6.45, 7) is 1.81. The van der Waals surface area contributed by atoms with Gasteiger partial charge in [-0.15, -0.1) is 11.3 Å². The van der Waals surface area contributed by atoms with Gasteiger partial charge in [0.05, 0.1) is 17.1 Å². The van der Waals surface area contributed by atoms with E-state index >= 15 is 0 Å². The number of nitrogens with one attached hydrogen (secondary N) is 1. The zero-order valence-corrected chi connectivity index (χ0v) is 12.0. The number of thiophene rings is 1. The highest BCUT2D eigenvalue weighted by atomic mass is 35.5.